The van der Waals surface area contributed by atoms with Gasteiger partial charge >= 0.3 is 5.97 Å². The van der Waals surface area contributed by atoms with E-state index in [2.05, 4.69) is 17.3 Å². The average molecular weight is 467 g/mol. The van der Waals surface area contributed by atoms with Crippen LogP contribution in [0.5, 0.6) is 0 Å². The Morgan fingerprint density at radius 3 is 2.42 bits per heavy atom. The molecule has 3 fully saturated rings. The van der Waals surface area contributed by atoms with E-state index in [0.717, 1.165) is 77.5 Å². The van der Waals surface area contributed by atoms with Crippen molar-refractivity contribution in [1.82, 2.24) is 20.0 Å². The molecule has 3 aliphatic heterocycles. The zero-order valence-electron chi connectivity index (χ0n) is 20.0. The number of carbonyl (C=O) groups excluding carboxylic acids is 1. The van der Waals surface area contributed by atoms with Crippen molar-refractivity contribution < 1.29 is 19.4 Å². The molecule has 188 valence electrons. The number of rotatable bonds is 9. The number of nitrogens with two attached hydrogens (primary N) is 1. The molecular formula is C23H42N6O4. The first-order valence-electron chi connectivity index (χ1n) is 12.5. The molecule has 0 aromatic carbocycles. The lowest BCUT2D eigenvalue weighted by Crippen LogP contribution is -2.56. The Hall–Kier alpha value is -1.91. The molecular weight excluding hydrogens is 424 g/mol. The standard InChI is InChI=1S/C23H42N6O4/c1-27-11-5-17(6-12-27)26-20(16-21(30)31)22(32)29-10-3-2-4-18(29)9-15-33-19-7-13-28(14-8-19)23(24)25/h17-20,26H,2-16H2,1H3,(H3,24,25)(H,30,31)/t18?,20-/m0/s1. The maximum Gasteiger partial charge on any atom is 0.305 e. The van der Waals surface area contributed by atoms with Gasteiger partial charge in [-0.25, -0.2) is 0 Å². The van der Waals surface area contributed by atoms with Crippen LogP contribution in [0.2, 0.25) is 0 Å². The number of hydrogen-bond donors (Lipinski definition) is 4. The zero-order valence-corrected chi connectivity index (χ0v) is 20.0. The van der Waals surface area contributed by atoms with Gasteiger partial charge in [-0.05, 0) is 71.5 Å². The summed E-state index contributed by atoms with van der Waals surface area (Å²) in [6.07, 6.45) is 7.30. The maximum absolute atomic E-state index is 13.5. The number of nitrogens with zero attached hydrogens (tertiary/aromatic N) is 3. The minimum atomic E-state index is -0.942. The highest BCUT2D eigenvalue weighted by Crippen LogP contribution is 2.23. The number of guanidine groups is 1. The lowest BCUT2D eigenvalue weighted by Gasteiger charge is -2.39. The van der Waals surface area contributed by atoms with Crippen LogP contribution in [0.1, 0.15) is 57.8 Å². The number of likely N-dealkylation sites (tertiary alicyclic amines) is 3. The van der Waals surface area contributed by atoms with Crippen LogP contribution < -0.4 is 11.1 Å². The van der Waals surface area contributed by atoms with Crippen molar-refractivity contribution in [2.24, 2.45) is 5.73 Å². The second-order valence-corrected chi connectivity index (χ2v) is 9.81. The van der Waals surface area contributed by atoms with Gasteiger partial charge in [-0.2, -0.15) is 0 Å². The zero-order chi connectivity index (χ0) is 23.8. The highest BCUT2D eigenvalue weighted by atomic mass is 16.5. The molecule has 3 saturated heterocycles. The van der Waals surface area contributed by atoms with Crippen molar-refractivity contribution in [3.63, 3.8) is 0 Å². The fourth-order valence-electron chi connectivity index (χ4n) is 5.28. The molecule has 0 radical (unpaired) electrons. The number of carbonyl (C=O) groups is 2. The number of hydrogen-bond acceptors (Lipinski definition) is 6. The number of amides is 1. The summed E-state index contributed by atoms with van der Waals surface area (Å²) in [6, 6.07) is -0.394. The van der Waals surface area contributed by atoms with Crippen LogP contribution in [0.15, 0.2) is 0 Å². The summed E-state index contributed by atoms with van der Waals surface area (Å²) < 4.78 is 6.11. The number of aliphatic carboxylic acids is 1. The Morgan fingerprint density at radius 1 is 1.09 bits per heavy atom. The summed E-state index contributed by atoms with van der Waals surface area (Å²) in [4.78, 5) is 31.0. The molecule has 33 heavy (non-hydrogen) atoms. The molecule has 1 amide bonds. The quantitative estimate of drug-likeness (QED) is 0.287. The molecule has 0 bridgehead atoms. The normalized spacial score (nSPS) is 24.6. The fourth-order valence-corrected chi connectivity index (χ4v) is 5.28. The second kappa shape index (κ2) is 12.5. The summed E-state index contributed by atoms with van der Waals surface area (Å²) in [7, 11) is 2.09. The number of carboxylic acid groups (broad SMARTS) is 1. The summed E-state index contributed by atoms with van der Waals surface area (Å²) in [6.45, 7) is 4.68. The number of carboxylic acids is 1. The second-order valence-electron chi connectivity index (χ2n) is 9.81. The first-order chi connectivity index (χ1) is 15.8. The van der Waals surface area contributed by atoms with E-state index in [4.69, 9.17) is 15.9 Å². The number of nitrogens with one attached hydrogen (secondary N) is 2. The monoisotopic (exact) mass is 466 g/mol. The summed E-state index contributed by atoms with van der Waals surface area (Å²) in [5, 5.41) is 20.4. The molecule has 0 aromatic heterocycles. The van der Waals surface area contributed by atoms with Crippen LogP contribution in [0, 0.1) is 5.41 Å². The topological polar surface area (TPSA) is 135 Å². The number of piperidine rings is 3. The molecule has 3 rings (SSSR count). The molecule has 10 heteroatoms. The molecule has 0 aliphatic carbocycles. The van der Waals surface area contributed by atoms with E-state index < -0.39 is 12.0 Å². The average Bonchev–Trinajstić information content (AvgIpc) is 2.80. The predicted octanol–water partition coefficient (Wildman–Crippen LogP) is 0.659. The molecule has 5 N–H and O–H groups in total. The van der Waals surface area contributed by atoms with E-state index in [1.54, 1.807) is 0 Å². The van der Waals surface area contributed by atoms with Gasteiger partial charge in [0.05, 0.1) is 18.6 Å². The Kier molecular flexibility index (Phi) is 9.76. The summed E-state index contributed by atoms with van der Waals surface area (Å²) in [5.41, 5.74) is 5.56. The molecule has 1 unspecified atom stereocenters. The Labute approximate surface area is 197 Å². The number of ether oxygens (including phenoxy) is 1. The third-order valence-electron chi connectivity index (χ3n) is 7.33. The van der Waals surface area contributed by atoms with Crippen molar-refractivity contribution in [2.75, 3.05) is 46.4 Å². The third-order valence-corrected chi connectivity index (χ3v) is 7.33. The van der Waals surface area contributed by atoms with E-state index in [1.165, 1.54) is 0 Å². The highest BCUT2D eigenvalue weighted by molar-refractivity contribution is 5.86. The van der Waals surface area contributed by atoms with Gasteiger partial charge in [0.25, 0.3) is 0 Å². The van der Waals surface area contributed by atoms with E-state index in [0.29, 0.717) is 13.2 Å². The van der Waals surface area contributed by atoms with E-state index >= 15 is 0 Å². The highest BCUT2D eigenvalue weighted by Gasteiger charge is 2.34. The van der Waals surface area contributed by atoms with Crippen LogP contribution in [-0.4, -0.2) is 108 Å². The largest absolute Gasteiger partial charge is 0.481 e. The van der Waals surface area contributed by atoms with Gasteiger partial charge in [-0.3, -0.25) is 15.0 Å². The lowest BCUT2D eigenvalue weighted by molar-refractivity contribution is -0.145. The van der Waals surface area contributed by atoms with Gasteiger partial charge in [0.2, 0.25) is 5.91 Å². The van der Waals surface area contributed by atoms with Crippen LogP contribution in [0.3, 0.4) is 0 Å². The molecule has 2 atom stereocenters. The summed E-state index contributed by atoms with van der Waals surface area (Å²) >= 11 is 0. The molecule has 3 heterocycles. The van der Waals surface area contributed by atoms with Crippen LogP contribution in [0.4, 0.5) is 0 Å². The van der Waals surface area contributed by atoms with E-state index in [-0.39, 0.29) is 36.5 Å². The van der Waals surface area contributed by atoms with Gasteiger partial charge < -0.3 is 35.6 Å². The van der Waals surface area contributed by atoms with Gasteiger partial charge in [-0.1, -0.05) is 0 Å². The van der Waals surface area contributed by atoms with Crippen molar-refractivity contribution in [3.05, 3.63) is 0 Å². The Bertz CT molecular complexity index is 661. The van der Waals surface area contributed by atoms with Crippen LogP contribution in [-0.2, 0) is 14.3 Å². The molecule has 3 aliphatic rings. The van der Waals surface area contributed by atoms with Crippen molar-refractivity contribution in [1.29, 1.82) is 5.41 Å². The lowest BCUT2D eigenvalue weighted by atomic mass is 9.97. The minimum Gasteiger partial charge on any atom is -0.481 e. The Balaban J connectivity index is 1.51. The Morgan fingerprint density at radius 2 is 1.79 bits per heavy atom. The van der Waals surface area contributed by atoms with Gasteiger partial charge in [0.15, 0.2) is 5.96 Å². The first-order valence-corrected chi connectivity index (χ1v) is 12.5. The molecule has 0 spiro atoms. The van der Waals surface area contributed by atoms with Gasteiger partial charge in [0, 0.05) is 38.3 Å². The van der Waals surface area contributed by atoms with Crippen molar-refractivity contribution in [3.8, 4) is 0 Å². The smallest absolute Gasteiger partial charge is 0.305 e. The van der Waals surface area contributed by atoms with Crippen molar-refractivity contribution >= 4 is 17.8 Å². The van der Waals surface area contributed by atoms with E-state index in [9.17, 15) is 14.7 Å². The molecule has 10 nitrogen and oxygen atoms in total. The predicted molar refractivity (Wildman–Crippen MR) is 126 cm³/mol. The van der Waals surface area contributed by atoms with Gasteiger partial charge in [0.1, 0.15) is 0 Å². The van der Waals surface area contributed by atoms with Crippen molar-refractivity contribution in [2.45, 2.75) is 82.0 Å². The maximum atomic E-state index is 13.5. The van der Waals surface area contributed by atoms with E-state index in [1.807, 2.05) is 9.80 Å². The molecule has 0 saturated carbocycles. The van der Waals surface area contributed by atoms with Crippen LogP contribution >= 0.6 is 0 Å². The third kappa shape index (κ3) is 7.82. The molecule has 0 aromatic rings. The van der Waals surface area contributed by atoms with Crippen LogP contribution in [0.25, 0.3) is 0 Å². The summed E-state index contributed by atoms with van der Waals surface area (Å²) in [5.74, 6) is -0.895. The van der Waals surface area contributed by atoms with Gasteiger partial charge in [-0.15, -0.1) is 0 Å². The minimum absolute atomic E-state index is 0.0733. The fraction of sp³-hybridized carbons (Fsp3) is 0.870. The first kappa shape index (κ1) is 25.7. The SMILES string of the molecule is CN1CCC(N[C@@H](CC(=O)O)C(=O)N2CCCCC2CCOC2CCN(C(=N)N)CC2)CC1.